The molecule has 2 saturated heterocycles. The Morgan fingerprint density at radius 3 is 2.45 bits per heavy atom. The number of hydrogen-bond acceptors (Lipinski definition) is 4. The number of hydrogen-bond donors (Lipinski definition) is 3. The monoisotopic (exact) mass is 532 g/mol. The smallest absolute Gasteiger partial charge is 0.290 e. The largest absolute Gasteiger partial charge is 0.350 e. The van der Waals surface area contributed by atoms with E-state index in [1.54, 1.807) is 18.2 Å². The van der Waals surface area contributed by atoms with Gasteiger partial charge in [0.1, 0.15) is 11.7 Å². The summed E-state index contributed by atoms with van der Waals surface area (Å²) in [6.07, 6.45) is 0.714. The first-order chi connectivity index (χ1) is 18.1. The molecular weight excluding hydrogens is 504 g/mol. The molecule has 0 spiro atoms. The van der Waals surface area contributed by atoms with Crippen LogP contribution in [0.4, 0.5) is 0 Å². The topological polar surface area (TPSA) is 114 Å². The highest BCUT2D eigenvalue weighted by molar-refractivity contribution is 6.31. The second kappa shape index (κ2) is 8.87. The number of H-pyrrole nitrogens is 2. The SMILES string of the molecule is CC(C)(C)[C@H](NC(=O)c1cc2ccc(Cl)cc2[nH]1)C(=O)N1C[C@@H]2C[C@H]1CN2C(=O)c1nc2ccccc2[nH]1. The first-order valence-electron chi connectivity index (χ1n) is 12.7. The van der Waals surface area contributed by atoms with Gasteiger partial charge in [-0.15, -0.1) is 0 Å². The second-order valence-corrected chi connectivity index (χ2v) is 11.7. The molecule has 3 N–H and O–H groups in total. The average molecular weight is 533 g/mol. The molecule has 10 heteroatoms. The average Bonchev–Trinajstić information content (AvgIpc) is 3.66. The maximum atomic E-state index is 13.8. The molecule has 3 amide bonds. The Balaban J connectivity index is 1.17. The van der Waals surface area contributed by atoms with E-state index in [2.05, 4.69) is 20.3 Å². The van der Waals surface area contributed by atoms with Crippen molar-refractivity contribution in [3.05, 3.63) is 65.1 Å². The number of imidazole rings is 1. The number of aromatic amines is 2. The van der Waals surface area contributed by atoms with E-state index in [0.717, 1.165) is 21.9 Å². The Morgan fingerprint density at radius 1 is 1.00 bits per heavy atom. The molecule has 0 saturated carbocycles. The fraction of sp³-hybridized carbons (Fsp3) is 0.357. The zero-order valence-corrected chi connectivity index (χ0v) is 22.2. The van der Waals surface area contributed by atoms with Crippen molar-refractivity contribution in [1.29, 1.82) is 0 Å². The maximum absolute atomic E-state index is 13.8. The van der Waals surface area contributed by atoms with Crippen LogP contribution in [0.3, 0.4) is 0 Å². The van der Waals surface area contributed by atoms with Crippen LogP contribution in [-0.2, 0) is 4.79 Å². The summed E-state index contributed by atoms with van der Waals surface area (Å²) >= 11 is 6.08. The highest BCUT2D eigenvalue weighted by atomic mass is 35.5. The summed E-state index contributed by atoms with van der Waals surface area (Å²) in [4.78, 5) is 54.5. The van der Waals surface area contributed by atoms with Crippen molar-refractivity contribution in [3.8, 4) is 0 Å². The number of para-hydroxylation sites is 2. The third-order valence-corrected chi connectivity index (χ3v) is 7.83. The minimum atomic E-state index is -0.733. The van der Waals surface area contributed by atoms with Gasteiger partial charge in [0, 0.05) is 29.0 Å². The number of amides is 3. The second-order valence-electron chi connectivity index (χ2n) is 11.3. The van der Waals surface area contributed by atoms with Gasteiger partial charge in [0.25, 0.3) is 11.8 Å². The number of aromatic nitrogens is 3. The lowest BCUT2D eigenvalue weighted by molar-refractivity contribution is -0.138. The van der Waals surface area contributed by atoms with Crippen molar-refractivity contribution in [2.75, 3.05) is 13.1 Å². The summed E-state index contributed by atoms with van der Waals surface area (Å²) in [6.45, 7) is 6.69. The number of carbonyl (C=O) groups excluding carboxylic acids is 3. The quantitative estimate of drug-likeness (QED) is 0.369. The Kier molecular flexibility index (Phi) is 5.72. The molecule has 2 fully saturated rings. The van der Waals surface area contributed by atoms with E-state index in [1.807, 2.05) is 60.9 Å². The number of likely N-dealkylation sites (tertiary alicyclic amines) is 2. The summed E-state index contributed by atoms with van der Waals surface area (Å²) in [5, 5.41) is 4.41. The van der Waals surface area contributed by atoms with Crippen LogP contribution in [0.5, 0.6) is 0 Å². The Labute approximate surface area is 224 Å². The van der Waals surface area contributed by atoms with Crippen molar-refractivity contribution < 1.29 is 14.4 Å². The van der Waals surface area contributed by atoms with Crippen LogP contribution in [0.15, 0.2) is 48.5 Å². The van der Waals surface area contributed by atoms with Crippen molar-refractivity contribution in [3.63, 3.8) is 0 Å². The molecule has 2 aliphatic rings. The molecule has 2 aromatic heterocycles. The van der Waals surface area contributed by atoms with Gasteiger partial charge in [-0.2, -0.15) is 0 Å². The van der Waals surface area contributed by atoms with Gasteiger partial charge in [0.05, 0.1) is 23.1 Å². The third-order valence-electron chi connectivity index (χ3n) is 7.59. The summed E-state index contributed by atoms with van der Waals surface area (Å²) in [5.74, 6) is -0.318. The molecule has 3 atom stereocenters. The minimum Gasteiger partial charge on any atom is -0.350 e. The lowest BCUT2D eigenvalue weighted by atomic mass is 9.85. The maximum Gasteiger partial charge on any atom is 0.290 e. The molecule has 2 aliphatic heterocycles. The van der Waals surface area contributed by atoms with E-state index in [1.165, 1.54) is 0 Å². The molecule has 9 nitrogen and oxygen atoms in total. The molecule has 4 heterocycles. The fourth-order valence-corrected chi connectivity index (χ4v) is 5.79. The van der Waals surface area contributed by atoms with Gasteiger partial charge >= 0.3 is 0 Å². The number of nitrogens with zero attached hydrogens (tertiary/aromatic N) is 3. The van der Waals surface area contributed by atoms with Gasteiger partial charge < -0.3 is 25.1 Å². The summed E-state index contributed by atoms with van der Waals surface area (Å²) in [7, 11) is 0. The predicted molar refractivity (Wildman–Crippen MR) is 145 cm³/mol. The van der Waals surface area contributed by atoms with E-state index in [9.17, 15) is 14.4 Å². The van der Waals surface area contributed by atoms with Crippen LogP contribution in [0.1, 0.15) is 48.3 Å². The van der Waals surface area contributed by atoms with E-state index >= 15 is 0 Å². The Bertz CT molecular complexity index is 1550. The first-order valence-corrected chi connectivity index (χ1v) is 13.1. The first kappa shape index (κ1) is 24.5. The number of rotatable bonds is 4. The van der Waals surface area contributed by atoms with Crippen molar-refractivity contribution in [2.45, 2.75) is 45.3 Å². The molecule has 196 valence electrons. The molecule has 2 aromatic carbocycles. The normalized spacial score (nSPS) is 19.9. The lowest BCUT2D eigenvalue weighted by Crippen LogP contribution is -2.59. The standard InChI is InChI=1S/C28H29ClN6O3/c1-28(2,3)23(33-25(36)22-10-15-8-9-16(29)11-21(15)30-22)26(37)34-13-18-12-17(34)14-35(18)27(38)24-31-19-6-4-5-7-20(19)32-24/h4-11,17-18,23,30H,12-14H2,1-3H3,(H,31,32)(H,33,36)/t17-,18-,23+/m0/s1. The number of benzene rings is 2. The van der Waals surface area contributed by atoms with Crippen LogP contribution >= 0.6 is 11.6 Å². The molecule has 0 unspecified atom stereocenters. The molecule has 6 rings (SSSR count). The Hall–Kier alpha value is -3.85. The fourth-order valence-electron chi connectivity index (χ4n) is 5.62. The van der Waals surface area contributed by atoms with E-state index < -0.39 is 11.5 Å². The number of nitrogens with one attached hydrogen (secondary N) is 3. The molecule has 0 radical (unpaired) electrons. The van der Waals surface area contributed by atoms with Crippen LogP contribution in [-0.4, -0.2) is 73.7 Å². The van der Waals surface area contributed by atoms with Gasteiger partial charge in [0.2, 0.25) is 5.91 Å². The van der Waals surface area contributed by atoms with Crippen LogP contribution in [0.2, 0.25) is 5.02 Å². The van der Waals surface area contributed by atoms with Gasteiger partial charge in [-0.25, -0.2) is 4.98 Å². The predicted octanol–water partition coefficient (Wildman–Crippen LogP) is 3.97. The minimum absolute atomic E-state index is 0.0839. The van der Waals surface area contributed by atoms with Crippen molar-refractivity contribution >= 4 is 51.3 Å². The summed E-state index contributed by atoms with van der Waals surface area (Å²) in [6, 6.07) is 13.8. The highest BCUT2D eigenvalue weighted by Gasteiger charge is 2.50. The van der Waals surface area contributed by atoms with Gasteiger partial charge in [0.15, 0.2) is 5.82 Å². The summed E-state index contributed by atoms with van der Waals surface area (Å²) in [5.41, 5.74) is 2.17. The van der Waals surface area contributed by atoms with Gasteiger partial charge in [-0.1, -0.05) is 50.6 Å². The van der Waals surface area contributed by atoms with Crippen molar-refractivity contribution in [2.24, 2.45) is 5.41 Å². The number of fused-ring (bicyclic) bond motifs is 4. The van der Waals surface area contributed by atoms with Crippen LogP contribution in [0, 0.1) is 5.41 Å². The summed E-state index contributed by atoms with van der Waals surface area (Å²) < 4.78 is 0. The van der Waals surface area contributed by atoms with Gasteiger partial charge in [-0.3, -0.25) is 14.4 Å². The molecule has 38 heavy (non-hydrogen) atoms. The van der Waals surface area contributed by atoms with E-state index in [0.29, 0.717) is 36.1 Å². The number of carbonyl (C=O) groups is 3. The van der Waals surface area contributed by atoms with Crippen LogP contribution in [0.25, 0.3) is 21.9 Å². The highest BCUT2D eigenvalue weighted by Crippen LogP contribution is 2.34. The number of piperazine rings is 1. The molecular formula is C28H29ClN6O3. The third kappa shape index (κ3) is 4.20. The lowest BCUT2D eigenvalue weighted by Gasteiger charge is -2.39. The van der Waals surface area contributed by atoms with Crippen molar-refractivity contribution in [1.82, 2.24) is 30.1 Å². The van der Waals surface area contributed by atoms with E-state index in [4.69, 9.17) is 11.6 Å². The zero-order chi connectivity index (χ0) is 26.8. The Morgan fingerprint density at radius 2 is 1.74 bits per heavy atom. The molecule has 0 aliphatic carbocycles. The van der Waals surface area contributed by atoms with E-state index in [-0.39, 0.29) is 29.8 Å². The molecule has 4 aromatic rings. The van der Waals surface area contributed by atoms with Gasteiger partial charge in [-0.05, 0) is 42.2 Å². The zero-order valence-electron chi connectivity index (χ0n) is 21.4. The van der Waals surface area contributed by atoms with Crippen LogP contribution < -0.4 is 5.32 Å². The molecule has 2 bridgehead atoms. The number of halogens is 1.